The summed E-state index contributed by atoms with van der Waals surface area (Å²) in [7, 11) is 0. The van der Waals surface area contributed by atoms with Crippen LogP contribution in [-0.2, 0) is 0 Å². The van der Waals surface area contributed by atoms with Gasteiger partial charge >= 0.3 is 0 Å². The van der Waals surface area contributed by atoms with Gasteiger partial charge in [0.25, 0.3) is 5.91 Å². The molecule has 3 heterocycles. The lowest BCUT2D eigenvalue weighted by molar-refractivity contribution is 0.0657. The third kappa shape index (κ3) is 7.16. The molecular weight excluding hydrogens is 481 g/mol. The highest BCUT2D eigenvalue weighted by Gasteiger charge is 2.25. The first-order valence-electron chi connectivity index (χ1n) is 10.8. The Balaban J connectivity index is 0.00000300. The SMILES string of the molecule is CCNC(=NCCCN1CCC(C)CC1)N1CCN(C(=O)c2ccco2)CC1.I. The molecule has 2 saturated heterocycles. The number of carbonyl (C=O) groups excluding carboxylic acids is 1. The van der Waals surface area contributed by atoms with Crippen molar-refractivity contribution >= 4 is 35.8 Å². The molecule has 0 aliphatic carbocycles. The first-order valence-corrected chi connectivity index (χ1v) is 10.8. The van der Waals surface area contributed by atoms with E-state index >= 15 is 0 Å². The Morgan fingerprint density at radius 1 is 1.17 bits per heavy atom. The fraction of sp³-hybridized carbons (Fsp3) is 0.714. The van der Waals surface area contributed by atoms with Crippen LogP contribution in [0.25, 0.3) is 0 Å². The lowest BCUT2D eigenvalue weighted by atomic mass is 9.99. The maximum absolute atomic E-state index is 12.4. The van der Waals surface area contributed by atoms with Crippen LogP contribution in [-0.4, -0.2) is 85.5 Å². The van der Waals surface area contributed by atoms with E-state index in [1.54, 1.807) is 18.4 Å². The molecule has 29 heavy (non-hydrogen) atoms. The smallest absolute Gasteiger partial charge is 0.289 e. The number of furan rings is 1. The number of amides is 1. The van der Waals surface area contributed by atoms with Crippen LogP contribution in [0.4, 0.5) is 0 Å². The van der Waals surface area contributed by atoms with Crippen LogP contribution < -0.4 is 5.32 Å². The number of rotatable bonds is 6. The highest BCUT2D eigenvalue weighted by molar-refractivity contribution is 14.0. The van der Waals surface area contributed by atoms with Crippen molar-refractivity contribution in [2.24, 2.45) is 10.9 Å². The summed E-state index contributed by atoms with van der Waals surface area (Å²) < 4.78 is 5.24. The molecule has 2 aliphatic heterocycles. The molecule has 2 fully saturated rings. The maximum Gasteiger partial charge on any atom is 0.289 e. The van der Waals surface area contributed by atoms with Crippen LogP contribution in [0.3, 0.4) is 0 Å². The predicted molar refractivity (Wildman–Crippen MR) is 127 cm³/mol. The van der Waals surface area contributed by atoms with Crippen LogP contribution in [0.5, 0.6) is 0 Å². The van der Waals surface area contributed by atoms with Gasteiger partial charge in [-0.3, -0.25) is 9.79 Å². The molecular formula is C21H36IN5O2. The number of guanidine groups is 1. The highest BCUT2D eigenvalue weighted by Crippen LogP contribution is 2.16. The molecule has 1 aromatic rings. The molecule has 0 atom stereocenters. The Morgan fingerprint density at radius 3 is 2.48 bits per heavy atom. The quantitative estimate of drug-likeness (QED) is 0.272. The van der Waals surface area contributed by atoms with Crippen molar-refractivity contribution in [3.05, 3.63) is 24.2 Å². The molecule has 0 bridgehead atoms. The third-order valence-electron chi connectivity index (χ3n) is 5.70. The highest BCUT2D eigenvalue weighted by atomic mass is 127. The molecule has 0 radical (unpaired) electrons. The molecule has 0 aromatic carbocycles. The molecule has 1 N–H and O–H groups in total. The van der Waals surface area contributed by atoms with Crippen LogP contribution >= 0.6 is 24.0 Å². The van der Waals surface area contributed by atoms with Crippen molar-refractivity contribution in [1.29, 1.82) is 0 Å². The van der Waals surface area contributed by atoms with Crippen LogP contribution in [0.2, 0.25) is 0 Å². The number of piperazine rings is 1. The summed E-state index contributed by atoms with van der Waals surface area (Å²) in [6.07, 6.45) is 5.30. The molecule has 1 amide bonds. The van der Waals surface area contributed by atoms with E-state index in [1.165, 1.54) is 25.9 Å². The second-order valence-corrected chi connectivity index (χ2v) is 7.87. The molecule has 0 spiro atoms. The van der Waals surface area contributed by atoms with Gasteiger partial charge in [-0.15, -0.1) is 24.0 Å². The van der Waals surface area contributed by atoms with E-state index in [-0.39, 0.29) is 29.9 Å². The van der Waals surface area contributed by atoms with Crippen LogP contribution in [0, 0.1) is 5.92 Å². The van der Waals surface area contributed by atoms with E-state index in [9.17, 15) is 4.79 Å². The van der Waals surface area contributed by atoms with Gasteiger partial charge in [-0.1, -0.05) is 6.92 Å². The molecule has 7 nitrogen and oxygen atoms in total. The number of nitrogens with one attached hydrogen (secondary N) is 1. The lowest BCUT2D eigenvalue weighted by Crippen LogP contribution is -2.53. The van der Waals surface area contributed by atoms with Gasteiger partial charge < -0.3 is 24.4 Å². The van der Waals surface area contributed by atoms with E-state index in [0.717, 1.165) is 51.0 Å². The second kappa shape index (κ2) is 12.4. The average Bonchev–Trinajstić information content (AvgIpc) is 3.26. The topological polar surface area (TPSA) is 64.3 Å². The van der Waals surface area contributed by atoms with Gasteiger partial charge in [-0.2, -0.15) is 0 Å². The summed E-state index contributed by atoms with van der Waals surface area (Å²) in [4.78, 5) is 23.9. The first-order chi connectivity index (χ1) is 13.7. The summed E-state index contributed by atoms with van der Waals surface area (Å²) >= 11 is 0. The number of halogens is 1. The van der Waals surface area contributed by atoms with Crippen molar-refractivity contribution in [3.63, 3.8) is 0 Å². The number of hydrogen-bond acceptors (Lipinski definition) is 4. The van der Waals surface area contributed by atoms with Gasteiger partial charge in [-0.05, 0) is 63.9 Å². The summed E-state index contributed by atoms with van der Waals surface area (Å²) in [6, 6.07) is 3.48. The monoisotopic (exact) mass is 517 g/mol. The zero-order valence-electron chi connectivity index (χ0n) is 17.8. The standard InChI is InChI=1S/C21H35N5O2.HI/c1-3-22-21(23-9-5-10-24-11-7-18(2)8-12-24)26-15-13-25(14-16-26)20(27)19-6-4-17-28-19;/h4,6,17-18H,3,5,7-16H2,1-2H3,(H,22,23);1H. The number of piperidine rings is 1. The Kier molecular flexibility index (Phi) is 10.3. The van der Waals surface area contributed by atoms with Crippen LogP contribution in [0.1, 0.15) is 43.7 Å². The van der Waals surface area contributed by atoms with Gasteiger partial charge in [0.15, 0.2) is 11.7 Å². The van der Waals surface area contributed by atoms with Gasteiger partial charge in [0.2, 0.25) is 0 Å². The van der Waals surface area contributed by atoms with Crippen LogP contribution in [0.15, 0.2) is 27.8 Å². The summed E-state index contributed by atoms with van der Waals surface area (Å²) in [6.45, 7) is 12.7. The number of nitrogens with zero attached hydrogens (tertiary/aromatic N) is 4. The third-order valence-corrected chi connectivity index (χ3v) is 5.70. The van der Waals surface area contributed by atoms with E-state index in [1.807, 2.05) is 4.90 Å². The number of hydrogen-bond donors (Lipinski definition) is 1. The largest absolute Gasteiger partial charge is 0.459 e. The van der Waals surface area contributed by atoms with Crippen molar-refractivity contribution < 1.29 is 9.21 Å². The normalized spacial score (nSPS) is 19.2. The van der Waals surface area contributed by atoms with E-state index in [4.69, 9.17) is 9.41 Å². The maximum atomic E-state index is 12.4. The average molecular weight is 517 g/mol. The lowest BCUT2D eigenvalue weighted by Gasteiger charge is -2.36. The Morgan fingerprint density at radius 2 is 1.86 bits per heavy atom. The molecule has 1 aromatic heterocycles. The van der Waals surface area contributed by atoms with Crippen molar-refractivity contribution in [2.45, 2.75) is 33.1 Å². The predicted octanol–water partition coefficient (Wildman–Crippen LogP) is 2.74. The molecule has 0 saturated carbocycles. The number of aliphatic imine (C=N–C) groups is 1. The van der Waals surface area contributed by atoms with Crippen molar-refractivity contribution in [2.75, 3.05) is 58.9 Å². The molecule has 3 rings (SSSR count). The minimum Gasteiger partial charge on any atom is -0.459 e. The number of likely N-dealkylation sites (tertiary alicyclic amines) is 1. The minimum absolute atomic E-state index is 0. The minimum atomic E-state index is -0.0255. The summed E-state index contributed by atoms with van der Waals surface area (Å²) in [5.41, 5.74) is 0. The number of carbonyl (C=O) groups is 1. The second-order valence-electron chi connectivity index (χ2n) is 7.87. The van der Waals surface area contributed by atoms with Gasteiger partial charge in [0.05, 0.1) is 6.26 Å². The van der Waals surface area contributed by atoms with Gasteiger partial charge in [-0.25, -0.2) is 0 Å². The molecule has 8 heteroatoms. The first kappa shape index (κ1) is 24.0. The fourth-order valence-electron chi connectivity index (χ4n) is 3.87. The van der Waals surface area contributed by atoms with E-state index in [0.29, 0.717) is 18.8 Å². The van der Waals surface area contributed by atoms with Gasteiger partial charge in [0.1, 0.15) is 0 Å². The zero-order valence-corrected chi connectivity index (χ0v) is 20.1. The summed E-state index contributed by atoms with van der Waals surface area (Å²) in [5, 5.41) is 3.41. The molecule has 2 aliphatic rings. The van der Waals surface area contributed by atoms with E-state index in [2.05, 4.69) is 29.0 Å². The zero-order chi connectivity index (χ0) is 19.8. The summed E-state index contributed by atoms with van der Waals surface area (Å²) in [5.74, 6) is 2.25. The molecule has 0 unspecified atom stereocenters. The Hall–Kier alpha value is -1.29. The van der Waals surface area contributed by atoms with E-state index < -0.39 is 0 Å². The van der Waals surface area contributed by atoms with Crippen molar-refractivity contribution in [3.8, 4) is 0 Å². The molecule has 164 valence electrons. The van der Waals surface area contributed by atoms with Gasteiger partial charge in [0, 0.05) is 39.3 Å². The fourth-order valence-corrected chi connectivity index (χ4v) is 3.87. The Bertz CT molecular complexity index is 621. The Labute approximate surface area is 191 Å². The van der Waals surface area contributed by atoms with Crippen molar-refractivity contribution in [1.82, 2.24) is 20.0 Å².